The molecule has 1 fully saturated rings. The molecule has 3 aliphatic rings. The van der Waals surface area contributed by atoms with Gasteiger partial charge in [0.1, 0.15) is 25.3 Å². The standard InChI is InChI=1S/C24H37N2O6/c1-15(2)24(30,16(3)31-4)23(29)32-14-18-7-11-26(12-8-20(28)22(18)26)13-17-5-9-25-10-6-19(27)21(17)25/h5,7,9,15-16,19-20,22,27-28,30H,6,8,10-14H2,1-4H3/q+1/t16?,19?,20-,22?,24?,26?/m0/s1. The highest BCUT2D eigenvalue weighted by molar-refractivity contribution is 5.80. The Labute approximate surface area is 189 Å². The van der Waals surface area contributed by atoms with Crippen LogP contribution < -0.4 is 0 Å². The maximum Gasteiger partial charge on any atom is 0.341 e. The van der Waals surface area contributed by atoms with Gasteiger partial charge in [0.2, 0.25) is 0 Å². The fourth-order valence-corrected chi connectivity index (χ4v) is 5.98. The molecular weight excluding hydrogens is 412 g/mol. The van der Waals surface area contributed by atoms with Gasteiger partial charge >= 0.3 is 5.97 Å². The van der Waals surface area contributed by atoms with Crippen molar-refractivity contribution in [2.45, 2.75) is 76.7 Å². The highest BCUT2D eigenvalue weighted by Gasteiger charge is 2.54. The number of aromatic nitrogens is 1. The number of aliphatic hydroxyl groups excluding tert-OH is 2. The number of aryl methyl sites for hydroxylation is 1. The van der Waals surface area contributed by atoms with Gasteiger partial charge in [0.25, 0.3) is 0 Å². The number of ether oxygens (including phenoxy) is 2. The van der Waals surface area contributed by atoms with E-state index in [2.05, 4.69) is 16.7 Å². The first-order valence-corrected chi connectivity index (χ1v) is 11.6. The number of hydrogen-bond acceptors (Lipinski definition) is 6. The number of aliphatic hydroxyl groups is 3. The number of fused-ring (bicyclic) bond motifs is 2. The molecule has 5 unspecified atom stereocenters. The van der Waals surface area contributed by atoms with E-state index in [1.165, 1.54) is 7.11 Å². The maximum absolute atomic E-state index is 12.9. The van der Waals surface area contributed by atoms with Gasteiger partial charge in [0.05, 0.1) is 31.0 Å². The summed E-state index contributed by atoms with van der Waals surface area (Å²) in [5.41, 5.74) is 1.28. The number of carbonyl (C=O) groups is 1. The summed E-state index contributed by atoms with van der Waals surface area (Å²) in [6.45, 7) is 8.37. The monoisotopic (exact) mass is 449 g/mol. The van der Waals surface area contributed by atoms with Gasteiger partial charge in [-0.1, -0.05) is 13.8 Å². The number of hydrogen-bond donors (Lipinski definition) is 3. The molecule has 32 heavy (non-hydrogen) atoms. The minimum Gasteiger partial charge on any atom is -0.459 e. The van der Waals surface area contributed by atoms with Gasteiger partial charge in [-0.05, 0) is 31.4 Å². The lowest BCUT2D eigenvalue weighted by molar-refractivity contribution is -0.938. The molecule has 4 rings (SSSR count). The lowest BCUT2D eigenvalue weighted by Crippen LogP contribution is -2.54. The van der Waals surface area contributed by atoms with Crippen molar-refractivity contribution in [3.8, 4) is 0 Å². The number of esters is 1. The van der Waals surface area contributed by atoms with Crippen LogP contribution in [0.25, 0.3) is 0 Å². The van der Waals surface area contributed by atoms with Crippen molar-refractivity contribution in [2.24, 2.45) is 5.92 Å². The summed E-state index contributed by atoms with van der Waals surface area (Å²) in [7, 11) is 1.46. The third kappa shape index (κ3) is 3.62. The van der Waals surface area contributed by atoms with Crippen LogP contribution in [0.2, 0.25) is 0 Å². The Bertz CT molecular complexity index is 895. The maximum atomic E-state index is 12.9. The van der Waals surface area contributed by atoms with Crippen molar-refractivity contribution < 1.29 is 34.1 Å². The second-order valence-corrected chi connectivity index (χ2v) is 10.0. The quantitative estimate of drug-likeness (QED) is 0.314. The van der Waals surface area contributed by atoms with E-state index in [1.807, 2.05) is 6.20 Å². The zero-order valence-electron chi connectivity index (χ0n) is 19.5. The second kappa shape index (κ2) is 8.57. The topological polar surface area (TPSA) is 101 Å². The molecule has 0 radical (unpaired) electrons. The van der Waals surface area contributed by atoms with Crippen LogP contribution in [0, 0.1) is 5.92 Å². The van der Waals surface area contributed by atoms with Crippen molar-refractivity contribution in [3.63, 3.8) is 0 Å². The first-order chi connectivity index (χ1) is 15.1. The molecule has 1 saturated heterocycles. The van der Waals surface area contributed by atoms with E-state index in [0.29, 0.717) is 10.9 Å². The minimum absolute atomic E-state index is 0.0442. The van der Waals surface area contributed by atoms with Crippen molar-refractivity contribution in [1.29, 1.82) is 0 Å². The van der Waals surface area contributed by atoms with Gasteiger partial charge in [-0.25, -0.2) is 4.79 Å². The van der Waals surface area contributed by atoms with Crippen LogP contribution >= 0.6 is 0 Å². The Hall–Kier alpha value is -1.71. The van der Waals surface area contributed by atoms with Crippen LogP contribution in [0.1, 0.15) is 51.0 Å². The van der Waals surface area contributed by atoms with E-state index in [0.717, 1.165) is 49.4 Å². The third-order valence-electron chi connectivity index (χ3n) is 8.01. The Morgan fingerprint density at radius 1 is 1.31 bits per heavy atom. The molecule has 0 aliphatic carbocycles. The van der Waals surface area contributed by atoms with Crippen LogP contribution in [0.4, 0.5) is 0 Å². The van der Waals surface area contributed by atoms with E-state index in [1.54, 1.807) is 20.8 Å². The Morgan fingerprint density at radius 3 is 2.75 bits per heavy atom. The van der Waals surface area contributed by atoms with Crippen LogP contribution in [0.15, 0.2) is 23.9 Å². The summed E-state index contributed by atoms with van der Waals surface area (Å²) in [4.78, 5) is 12.9. The van der Waals surface area contributed by atoms with Gasteiger partial charge in [0, 0.05) is 37.4 Å². The number of nitrogens with zero attached hydrogens (tertiary/aromatic N) is 2. The summed E-state index contributed by atoms with van der Waals surface area (Å²) in [6.07, 6.45) is 3.89. The molecular formula is C24H37N2O6+. The SMILES string of the molecule is COC(C)C(O)(C(=O)OCC1=CC[N+]2(Cc3ccn4c3C(O)CC4)CC[C@H](O)C12)C(C)C. The molecule has 1 aromatic heterocycles. The Morgan fingerprint density at radius 2 is 2.06 bits per heavy atom. The van der Waals surface area contributed by atoms with Crippen molar-refractivity contribution in [3.05, 3.63) is 35.2 Å². The highest BCUT2D eigenvalue weighted by Crippen LogP contribution is 2.41. The predicted molar refractivity (Wildman–Crippen MR) is 117 cm³/mol. The molecule has 0 aromatic carbocycles. The van der Waals surface area contributed by atoms with E-state index in [9.17, 15) is 20.1 Å². The number of rotatable bonds is 8. The van der Waals surface area contributed by atoms with Crippen molar-refractivity contribution in [1.82, 2.24) is 4.57 Å². The molecule has 6 atom stereocenters. The molecule has 3 N–H and O–H groups in total. The molecule has 0 spiro atoms. The van der Waals surface area contributed by atoms with Crippen LogP contribution in [0.3, 0.4) is 0 Å². The molecule has 3 aliphatic heterocycles. The third-order valence-corrected chi connectivity index (χ3v) is 8.01. The number of carbonyl (C=O) groups excluding carboxylic acids is 1. The fraction of sp³-hybridized carbons (Fsp3) is 0.708. The second-order valence-electron chi connectivity index (χ2n) is 10.0. The summed E-state index contributed by atoms with van der Waals surface area (Å²) < 4.78 is 13.6. The Balaban J connectivity index is 1.49. The molecule has 178 valence electrons. The molecule has 4 heterocycles. The minimum atomic E-state index is -1.74. The summed E-state index contributed by atoms with van der Waals surface area (Å²) in [6, 6.07) is 1.93. The zero-order chi connectivity index (χ0) is 23.3. The van der Waals surface area contributed by atoms with Gasteiger partial charge in [-0.15, -0.1) is 0 Å². The molecule has 1 aromatic rings. The van der Waals surface area contributed by atoms with Crippen molar-refractivity contribution >= 4 is 5.97 Å². The van der Waals surface area contributed by atoms with E-state index in [-0.39, 0.29) is 18.6 Å². The highest BCUT2D eigenvalue weighted by atomic mass is 16.6. The molecule has 0 saturated carbocycles. The number of methoxy groups -OCH3 is 1. The van der Waals surface area contributed by atoms with Gasteiger partial charge in [0.15, 0.2) is 5.60 Å². The van der Waals surface area contributed by atoms with E-state index < -0.39 is 29.9 Å². The molecule has 0 amide bonds. The average Bonchev–Trinajstić information content (AvgIpc) is 3.50. The first kappa shape index (κ1) is 23.4. The molecule has 8 nitrogen and oxygen atoms in total. The fourth-order valence-electron chi connectivity index (χ4n) is 5.98. The predicted octanol–water partition coefficient (Wildman–Crippen LogP) is 1.28. The first-order valence-electron chi connectivity index (χ1n) is 11.6. The van der Waals surface area contributed by atoms with E-state index in [4.69, 9.17) is 9.47 Å². The Kier molecular flexibility index (Phi) is 6.28. The number of quaternary nitrogens is 1. The van der Waals surface area contributed by atoms with Crippen LogP contribution in [-0.4, -0.2) is 81.0 Å². The van der Waals surface area contributed by atoms with E-state index >= 15 is 0 Å². The van der Waals surface area contributed by atoms with Crippen LogP contribution in [0.5, 0.6) is 0 Å². The summed E-state index contributed by atoms with van der Waals surface area (Å²) >= 11 is 0. The summed E-state index contributed by atoms with van der Waals surface area (Å²) in [5, 5.41) is 32.2. The van der Waals surface area contributed by atoms with Crippen molar-refractivity contribution in [2.75, 3.05) is 26.8 Å². The molecule has 8 heteroatoms. The normalized spacial score (nSPS) is 31.9. The van der Waals surface area contributed by atoms with Crippen LogP contribution in [-0.2, 0) is 27.4 Å². The van der Waals surface area contributed by atoms with Gasteiger partial charge in [-0.2, -0.15) is 0 Å². The lowest BCUT2D eigenvalue weighted by atomic mass is 9.85. The lowest BCUT2D eigenvalue weighted by Gasteiger charge is -2.37. The van der Waals surface area contributed by atoms with Gasteiger partial charge in [-0.3, -0.25) is 0 Å². The average molecular weight is 450 g/mol. The molecule has 0 bridgehead atoms. The van der Waals surface area contributed by atoms with Gasteiger partial charge < -0.3 is 33.8 Å². The largest absolute Gasteiger partial charge is 0.459 e. The zero-order valence-corrected chi connectivity index (χ0v) is 19.5. The summed E-state index contributed by atoms with van der Waals surface area (Å²) in [5.74, 6) is -1.08. The smallest absolute Gasteiger partial charge is 0.341 e.